The highest BCUT2D eigenvalue weighted by atomic mass is 16.3. The molecule has 0 spiro atoms. The molecule has 2 heterocycles. The van der Waals surface area contributed by atoms with Crippen molar-refractivity contribution < 1.29 is 9.90 Å². The number of nitrogens with zero attached hydrogens (tertiary/aromatic N) is 2. The molecule has 4 heteroatoms. The lowest BCUT2D eigenvalue weighted by molar-refractivity contribution is 0.0765. The van der Waals surface area contributed by atoms with E-state index in [2.05, 4.69) is 4.98 Å². The third kappa shape index (κ3) is 2.15. The highest BCUT2D eigenvalue weighted by Gasteiger charge is 2.25. The van der Waals surface area contributed by atoms with Crippen LogP contribution in [-0.4, -0.2) is 40.1 Å². The minimum Gasteiger partial charge on any atom is -0.391 e. The summed E-state index contributed by atoms with van der Waals surface area (Å²) in [7, 11) is 0. The molecule has 1 aromatic heterocycles. The fraction of sp³-hybridized carbons (Fsp3) is 0.455. The molecule has 0 bridgehead atoms. The summed E-state index contributed by atoms with van der Waals surface area (Å²) in [5, 5.41) is 9.34. The first-order valence-electron chi connectivity index (χ1n) is 5.07. The number of carbonyl (C=O) groups excluding carboxylic acids is 1. The van der Waals surface area contributed by atoms with Crippen LogP contribution < -0.4 is 0 Å². The summed E-state index contributed by atoms with van der Waals surface area (Å²) < 4.78 is 0. The second kappa shape index (κ2) is 3.98. The van der Waals surface area contributed by atoms with E-state index in [1.807, 2.05) is 6.92 Å². The van der Waals surface area contributed by atoms with Crippen LogP contribution in [-0.2, 0) is 0 Å². The molecule has 0 radical (unpaired) electrons. The number of amides is 1. The van der Waals surface area contributed by atoms with E-state index in [4.69, 9.17) is 0 Å². The van der Waals surface area contributed by atoms with Gasteiger partial charge in [-0.2, -0.15) is 0 Å². The van der Waals surface area contributed by atoms with E-state index in [1.165, 1.54) is 0 Å². The number of aromatic nitrogens is 1. The second-order valence-electron chi connectivity index (χ2n) is 3.88. The van der Waals surface area contributed by atoms with E-state index >= 15 is 0 Å². The van der Waals surface area contributed by atoms with E-state index in [0.29, 0.717) is 25.1 Å². The highest BCUT2D eigenvalue weighted by molar-refractivity contribution is 5.94. The lowest BCUT2D eigenvalue weighted by atomic mass is 10.2. The average Bonchev–Trinajstić information content (AvgIpc) is 2.64. The Balaban J connectivity index is 2.14. The van der Waals surface area contributed by atoms with Crippen molar-refractivity contribution in [2.45, 2.75) is 19.4 Å². The number of likely N-dealkylation sites (tertiary alicyclic amines) is 1. The molecular formula is C11H14N2O2. The summed E-state index contributed by atoms with van der Waals surface area (Å²) >= 11 is 0. The minimum absolute atomic E-state index is 0.0166. The van der Waals surface area contributed by atoms with E-state index in [0.717, 1.165) is 5.69 Å². The van der Waals surface area contributed by atoms with E-state index in [-0.39, 0.29) is 12.0 Å². The molecular weight excluding hydrogens is 192 g/mol. The second-order valence-corrected chi connectivity index (χ2v) is 3.88. The van der Waals surface area contributed by atoms with Crippen molar-refractivity contribution in [2.24, 2.45) is 0 Å². The van der Waals surface area contributed by atoms with Crippen LogP contribution in [0.15, 0.2) is 18.3 Å². The van der Waals surface area contributed by atoms with Gasteiger partial charge in [0.15, 0.2) is 0 Å². The van der Waals surface area contributed by atoms with Crippen molar-refractivity contribution in [1.29, 1.82) is 0 Å². The van der Waals surface area contributed by atoms with Crippen LogP contribution in [0.4, 0.5) is 0 Å². The van der Waals surface area contributed by atoms with Crippen molar-refractivity contribution in [2.75, 3.05) is 13.1 Å². The molecule has 1 N–H and O–H groups in total. The maximum Gasteiger partial charge on any atom is 0.254 e. The van der Waals surface area contributed by atoms with Crippen LogP contribution in [0.1, 0.15) is 22.5 Å². The Labute approximate surface area is 88.6 Å². The zero-order valence-corrected chi connectivity index (χ0v) is 8.68. The number of aryl methyl sites for hydroxylation is 1. The van der Waals surface area contributed by atoms with Gasteiger partial charge in [0.05, 0.1) is 6.10 Å². The summed E-state index contributed by atoms with van der Waals surface area (Å²) in [6.45, 7) is 2.94. The maximum atomic E-state index is 11.9. The number of carbonyl (C=O) groups is 1. The van der Waals surface area contributed by atoms with Gasteiger partial charge < -0.3 is 10.0 Å². The highest BCUT2D eigenvalue weighted by Crippen LogP contribution is 2.13. The number of rotatable bonds is 1. The van der Waals surface area contributed by atoms with Gasteiger partial charge in [-0.05, 0) is 25.5 Å². The van der Waals surface area contributed by atoms with Crippen molar-refractivity contribution in [3.63, 3.8) is 0 Å². The fourth-order valence-corrected chi connectivity index (χ4v) is 1.79. The van der Waals surface area contributed by atoms with Gasteiger partial charge in [-0.1, -0.05) is 0 Å². The summed E-state index contributed by atoms with van der Waals surface area (Å²) in [6.07, 6.45) is 1.95. The third-order valence-corrected chi connectivity index (χ3v) is 2.59. The Kier molecular flexibility index (Phi) is 2.68. The van der Waals surface area contributed by atoms with Gasteiger partial charge in [0, 0.05) is 30.5 Å². The maximum absolute atomic E-state index is 11.9. The van der Waals surface area contributed by atoms with Crippen molar-refractivity contribution in [3.05, 3.63) is 29.6 Å². The molecule has 1 atom stereocenters. The monoisotopic (exact) mass is 206 g/mol. The van der Waals surface area contributed by atoms with E-state index in [9.17, 15) is 9.90 Å². The van der Waals surface area contributed by atoms with Crippen LogP contribution in [0.2, 0.25) is 0 Å². The number of aliphatic hydroxyl groups excluding tert-OH is 1. The molecule has 0 aliphatic carbocycles. The normalized spacial score (nSPS) is 20.7. The van der Waals surface area contributed by atoms with Gasteiger partial charge in [-0.3, -0.25) is 9.78 Å². The van der Waals surface area contributed by atoms with Crippen LogP contribution in [0, 0.1) is 6.92 Å². The molecule has 15 heavy (non-hydrogen) atoms. The Morgan fingerprint density at radius 3 is 3.07 bits per heavy atom. The quantitative estimate of drug-likeness (QED) is 0.732. The molecule has 0 saturated carbocycles. The lowest BCUT2D eigenvalue weighted by Gasteiger charge is -2.15. The Bertz CT molecular complexity index is 379. The number of hydrogen-bond acceptors (Lipinski definition) is 3. The summed E-state index contributed by atoms with van der Waals surface area (Å²) in [4.78, 5) is 17.7. The Morgan fingerprint density at radius 1 is 1.67 bits per heavy atom. The summed E-state index contributed by atoms with van der Waals surface area (Å²) in [6, 6.07) is 3.48. The molecule has 1 aliphatic heterocycles. The van der Waals surface area contributed by atoms with Crippen molar-refractivity contribution in [3.8, 4) is 0 Å². The van der Waals surface area contributed by atoms with Crippen LogP contribution in [0.3, 0.4) is 0 Å². The standard InChI is InChI=1S/C11H14N2O2/c1-8-6-9(2-4-12-8)11(15)13-5-3-10(14)7-13/h2,4,6,10,14H,3,5,7H2,1H3/t10-/m1/s1. The molecule has 80 valence electrons. The third-order valence-electron chi connectivity index (χ3n) is 2.59. The number of β-amino-alcohol motifs (C(OH)–C–C–N with tert-alkyl or cyclic N) is 1. The topological polar surface area (TPSA) is 53.4 Å². The molecule has 0 unspecified atom stereocenters. The SMILES string of the molecule is Cc1cc(C(=O)N2CC[C@@H](O)C2)ccn1. The number of pyridine rings is 1. The zero-order valence-electron chi connectivity index (χ0n) is 8.68. The molecule has 0 aromatic carbocycles. The smallest absolute Gasteiger partial charge is 0.254 e. The van der Waals surface area contributed by atoms with Gasteiger partial charge in [0.1, 0.15) is 0 Å². The first kappa shape index (κ1) is 10.1. The molecule has 2 rings (SSSR count). The molecule has 1 aliphatic rings. The van der Waals surface area contributed by atoms with E-state index in [1.54, 1.807) is 23.2 Å². The van der Waals surface area contributed by atoms with Crippen LogP contribution >= 0.6 is 0 Å². The minimum atomic E-state index is -0.364. The molecule has 1 saturated heterocycles. The first-order valence-corrected chi connectivity index (χ1v) is 5.07. The molecule has 4 nitrogen and oxygen atoms in total. The predicted octanol–water partition coefficient (Wildman–Crippen LogP) is 0.597. The summed E-state index contributed by atoms with van der Waals surface area (Å²) in [5.74, 6) is -0.0166. The zero-order chi connectivity index (χ0) is 10.8. The molecule has 1 amide bonds. The Morgan fingerprint density at radius 2 is 2.47 bits per heavy atom. The lowest BCUT2D eigenvalue weighted by Crippen LogP contribution is -2.29. The van der Waals surface area contributed by atoms with Gasteiger partial charge >= 0.3 is 0 Å². The van der Waals surface area contributed by atoms with E-state index < -0.39 is 0 Å². The number of aliphatic hydroxyl groups is 1. The number of hydrogen-bond donors (Lipinski definition) is 1. The molecule has 1 fully saturated rings. The Hall–Kier alpha value is -1.42. The fourth-order valence-electron chi connectivity index (χ4n) is 1.79. The van der Waals surface area contributed by atoms with Gasteiger partial charge in [-0.15, -0.1) is 0 Å². The van der Waals surface area contributed by atoms with Crippen LogP contribution in [0.5, 0.6) is 0 Å². The van der Waals surface area contributed by atoms with Crippen molar-refractivity contribution in [1.82, 2.24) is 9.88 Å². The largest absolute Gasteiger partial charge is 0.391 e. The molecule has 1 aromatic rings. The average molecular weight is 206 g/mol. The first-order chi connectivity index (χ1) is 7.16. The van der Waals surface area contributed by atoms with Gasteiger partial charge in [-0.25, -0.2) is 0 Å². The van der Waals surface area contributed by atoms with Gasteiger partial charge in [0.2, 0.25) is 0 Å². The van der Waals surface area contributed by atoms with Crippen LogP contribution in [0.25, 0.3) is 0 Å². The summed E-state index contributed by atoms with van der Waals surface area (Å²) in [5.41, 5.74) is 1.48. The van der Waals surface area contributed by atoms with Crippen molar-refractivity contribution >= 4 is 5.91 Å². The predicted molar refractivity (Wildman–Crippen MR) is 55.5 cm³/mol. The van der Waals surface area contributed by atoms with Gasteiger partial charge in [0.25, 0.3) is 5.91 Å².